The molecule has 0 fully saturated rings. The van der Waals surface area contributed by atoms with Crippen molar-refractivity contribution in [3.05, 3.63) is 78.1 Å². The van der Waals surface area contributed by atoms with Gasteiger partial charge in [-0.05, 0) is 55.0 Å². The minimum Gasteiger partial charge on any atom is -0.497 e. The molecule has 1 aromatic heterocycles. The second kappa shape index (κ2) is 12.7. The predicted molar refractivity (Wildman–Crippen MR) is 137 cm³/mol. The largest absolute Gasteiger partial charge is 0.497 e. The maximum atomic E-state index is 13.0. The first-order valence-electron chi connectivity index (χ1n) is 11.4. The minimum absolute atomic E-state index is 0.0380. The molecule has 3 amide bonds. The molecule has 10 nitrogen and oxygen atoms in total. The van der Waals surface area contributed by atoms with Crippen molar-refractivity contribution in [3.8, 4) is 5.75 Å². The normalized spacial score (nSPS) is 10.3. The lowest BCUT2D eigenvalue weighted by atomic mass is 10.2. The number of nitrogens with two attached hydrogens (primary N) is 1. The van der Waals surface area contributed by atoms with Crippen LogP contribution in [0.1, 0.15) is 29.4 Å². The lowest BCUT2D eigenvalue weighted by Gasteiger charge is -2.23. The Hall–Kier alpha value is -4.60. The number of carbonyl (C=O) groups excluding carboxylic acids is 3. The second-order valence-corrected chi connectivity index (χ2v) is 7.73. The maximum absolute atomic E-state index is 13.0. The summed E-state index contributed by atoms with van der Waals surface area (Å²) in [6.45, 7) is 2.29. The van der Waals surface area contributed by atoms with Gasteiger partial charge in [-0.15, -0.1) is 0 Å². The highest BCUT2D eigenvalue weighted by molar-refractivity contribution is 6.04. The van der Waals surface area contributed by atoms with Crippen LogP contribution in [0.25, 0.3) is 0 Å². The molecule has 0 spiro atoms. The quantitative estimate of drug-likeness (QED) is 0.289. The molecule has 0 aliphatic heterocycles. The number of nitrogens with zero attached hydrogens (tertiary/aromatic N) is 2. The van der Waals surface area contributed by atoms with Crippen molar-refractivity contribution in [2.24, 2.45) is 0 Å². The topological polar surface area (TPSA) is 136 Å². The van der Waals surface area contributed by atoms with E-state index in [9.17, 15) is 14.4 Å². The molecule has 3 aromatic rings. The van der Waals surface area contributed by atoms with Gasteiger partial charge in [0.1, 0.15) is 11.4 Å². The van der Waals surface area contributed by atoms with Gasteiger partial charge >= 0.3 is 12.0 Å². The number of hydrogen-bond acceptors (Lipinski definition) is 7. The molecule has 188 valence electrons. The highest BCUT2D eigenvalue weighted by atomic mass is 16.5. The molecule has 4 N–H and O–H groups in total. The van der Waals surface area contributed by atoms with Crippen LogP contribution in [0.4, 0.5) is 21.9 Å². The number of para-hydroxylation sites is 2. The van der Waals surface area contributed by atoms with E-state index >= 15 is 0 Å². The van der Waals surface area contributed by atoms with Gasteiger partial charge in [0.05, 0.1) is 31.5 Å². The third kappa shape index (κ3) is 7.45. The summed E-state index contributed by atoms with van der Waals surface area (Å²) in [6, 6.07) is 16.7. The van der Waals surface area contributed by atoms with E-state index in [4.69, 9.17) is 15.2 Å². The van der Waals surface area contributed by atoms with Crippen LogP contribution >= 0.6 is 0 Å². The number of urea groups is 1. The van der Waals surface area contributed by atoms with Gasteiger partial charge in [0, 0.05) is 25.0 Å². The highest BCUT2D eigenvalue weighted by Gasteiger charge is 2.17. The third-order valence-electron chi connectivity index (χ3n) is 5.16. The van der Waals surface area contributed by atoms with Crippen molar-refractivity contribution >= 4 is 35.0 Å². The van der Waals surface area contributed by atoms with Crippen LogP contribution in [-0.2, 0) is 16.1 Å². The van der Waals surface area contributed by atoms with Gasteiger partial charge in [0.2, 0.25) is 0 Å². The lowest BCUT2D eigenvalue weighted by Crippen LogP contribution is -2.36. The number of hydrogen-bond donors (Lipinski definition) is 3. The first-order valence-corrected chi connectivity index (χ1v) is 11.4. The summed E-state index contributed by atoms with van der Waals surface area (Å²) in [5.74, 6) is -0.140. The SMILES string of the molecule is CCOC(=O)CCN(Cc1ccc(C(=O)Nc2ccccc2N)nc1)C(=O)Nc1ccc(OC)cc1. The van der Waals surface area contributed by atoms with Crippen LogP contribution in [-0.4, -0.2) is 48.1 Å². The molecule has 36 heavy (non-hydrogen) atoms. The monoisotopic (exact) mass is 491 g/mol. The zero-order valence-electron chi connectivity index (χ0n) is 20.2. The smallest absolute Gasteiger partial charge is 0.322 e. The first-order chi connectivity index (χ1) is 17.4. The Morgan fingerprint density at radius 1 is 1.00 bits per heavy atom. The number of benzene rings is 2. The molecule has 0 aliphatic carbocycles. The van der Waals surface area contributed by atoms with Crippen LogP contribution < -0.4 is 21.1 Å². The highest BCUT2D eigenvalue weighted by Crippen LogP contribution is 2.18. The predicted octanol–water partition coefficient (Wildman–Crippen LogP) is 3.91. The van der Waals surface area contributed by atoms with Gasteiger partial charge in [-0.1, -0.05) is 18.2 Å². The first kappa shape index (κ1) is 26.0. The summed E-state index contributed by atoms with van der Waals surface area (Å²) >= 11 is 0. The van der Waals surface area contributed by atoms with Crippen molar-refractivity contribution in [2.45, 2.75) is 19.9 Å². The summed E-state index contributed by atoms with van der Waals surface area (Å²) in [6.07, 6.45) is 1.55. The summed E-state index contributed by atoms with van der Waals surface area (Å²) < 4.78 is 10.1. The lowest BCUT2D eigenvalue weighted by molar-refractivity contribution is -0.143. The Balaban J connectivity index is 1.68. The zero-order valence-corrected chi connectivity index (χ0v) is 20.2. The molecule has 0 aliphatic rings. The number of amides is 3. The molecular weight excluding hydrogens is 462 g/mol. The van der Waals surface area contributed by atoms with Gasteiger partial charge in [-0.2, -0.15) is 0 Å². The molecule has 10 heteroatoms. The zero-order chi connectivity index (χ0) is 25.9. The fourth-order valence-electron chi connectivity index (χ4n) is 3.26. The van der Waals surface area contributed by atoms with Crippen molar-refractivity contribution < 1.29 is 23.9 Å². The summed E-state index contributed by atoms with van der Waals surface area (Å²) in [4.78, 5) is 43.1. The minimum atomic E-state index is -0.407. The molecule has 2 aromatic carbocycles. The summed E-state index contributed by atoms with van der Waals surface area (Å²) in [7, 11) is 1.56. The Bertz CT molecular complexity index is 1180. The van der Waals surface area contributed by atoms with Gasteiger partial charge in [-0.3, -0.25) is 14.6 Å². The van der Waals surface area contributed by atoms with E-state index in [1.54, 1.807) is 74.7 Å². The summed E-state index contributed by atoms with van der Waals surface area (Å²) in [5, 5.41) is 5.54. The van der Waals surface area contributed by atoms with Gasteiger partial charge in [0.15, 0.2) is 0 Å². The van der Waals surface area contributed by atoms with E-state index in [0.29, 0.717) is 28.4 Å². The number of nitrogen functional groups attached to an aromatic ring is 1. The van der Waals surface area contributed by atoms with Crippen molar-refractivity contribution in [1.82, 2.24) is 9.88 Å². The second-order valence-electron chi connectivity index (χ2n) is 7.73. The van der Waals surface area contributed by atoms with E-state index in [-0.39, 0.29) is 31.8 Å². The number of anilines is 3. The van der Waals surface area contributed by atoms with Gasteiger partial charge in [-0.25, -0.2) is 4.79 Å². The molecule has 0 radical (unpaired) electrons. The van der Waals surface area contributed by atoms with Crippen LogP contribution in [0.2, 0.25) is 0 Å². The number of pyridine rings is 1. The Kier molecular flexibility index (Phi) is 9.21. The summed E-state index contributed by atoms with van der Waals surface area (Å²) in [5.41, 5.74) is 8.27. The number of esters is 1. The van der Waals surface area contributed by atoms with E-state index in [0.717, 1.165) is 0 Å². The van der Waals surface area contributed by atoms with Crippen molar-refractivity contribution in [1.29, 1.82) is 0 Å². The van der Waals surface area contributed by atoms with Gasteiger partial charge in [0.25, 0.3) is 5.91 Å². The van der Waals surface area contributed by atoms with E-state index in [1.165, 1.54) is 11.1 Å². The molecule has 3 rings (SSSR count). The number of rotatable bonds is 10. The average Bonchev–Trinajstić information content (AvgIpc) is 2.88. The fraction of sp³-hybridized carbons (Fsp3) is 0.231. The van der Waals surface area contributed by atoms with E-state index in [2.05, 4.69) is 15.6 Å². The Morgan fingerprint density at radius 3 is 2.39 bits per heavy atom. The number of nitrogens with one attached hydrogen (secondary N) is 2. The number of ether oxygens (including phenoxy) is 2. The molecule has 1 heterocycles. The number of carbonyl (C=O) groups is 3. The van der Waals surface area contributed by atoms with Gasteiger partial charge < -0.3 is 30.7 Å². The van der Waals surface area contributed by atoms with Crippen LogP contribution in [0.5, 0.6) is 5.75 Å². The van der Waals surface area contributed by atoms with Crippen LogP contribution in [0, 0.1) is 0 Å². The molecule has 0 bridgehead atoms. The molecule has 0 saturated carbocycles. The molecule has 0 saturated heterocycles. The molecule has 0 unspecified atom stereocenters. The van der Waals surface area contributed by atoms with Crippen molar-refractivity contribution in [2.75, 3.05) is 36.6 Å². The van der Waals surface area contributed by atoms with Crippen molar-refractivity contribution in [3.63, 3.8) is 0 Å². The Labute approximate surface area is 209 Å². The number of methoxy groups -OCH3 is 1. The maximum Gasteiger partial charge on any atom is 0.322 e. The van der Waals surface area contributed by atoms with Crippen LogP contribution in [0.15, 0.2) is 66.9 Å². The third-order valence-corrected chi connectivity index (χ3v) is 5.16. The molecular formula is C26H29N5O5. The van der Waals surface area contributed by atoms with E-state index < -0.39 is 17.9 Å². The average molecular weight is 492 g/mol. The molecule has 0 atom stereocenters. The van der Waals surface area contributed by atoms with Crippen LogP contribution in [0.3, 0.4) is 0 Å². The number of aromatic nitrogens is 1. The fourth-order valence-corrected chi connectivity index (χ4v) is 3.26. The standard InChI is InChI=1S/C26H29N5O5/c1-3-36-24(32)14-15-31(26(34)29-19-9-11-20(35-2)12-10-19)17-18-8-13-23(28-16-18)25(33)30-22-7-5-4-6-21(22)27/h4-13,16H,3,14-15,17,27H2,1-2H3,(H,29,34)(H,30,33). The van der Waals surface area contributed by atoms with E-state index in [1.807, 2.05) is 0 Å². The Morgan fingerprint density at radius 2 is 1.75 bits per heavy atom.